The molecule has 19 heavy (non-hydrogen) atoms. The lowest BCUT2D eigenvalue weighted by molar-refractivity contribution is 0.443. The van der Waals surface area contributed by atoms with E-state index in [9.17, 15) is 0 Å². The molecule has 3 N–H and O–H groups in total. The van der Waals surface area contributed by atoms with Crippen molar-refractivity contribution in [2.24, 2.45) is 5.73 Å². The van der Waals surface area contributed by atoms with Gasteiger partial charge >= 0.3 is 0 Å². The first kappa shape index (κ1) is 12.4. The molecular weight excluding hydrogens is 234 g/mol. The van der Waals surface area contributed by atoms with Gasteiger partial charge < -0.3 is 5.73 Å². The third-order valence-corrected chi connectivity index (χ3v) is 4.22. The van der Waals surface area contributed by atoms with E-state index >= 15 is 0 Å². The van der Waals surface area contributed by atoms with E-state index in [0.717, 1.165) is 17.2 Å². The van der Waals surface area contributed by atoms with E-state index in [2.05, 4.69) is 34.5 Å². The summed E-state index contributed by atoms with van der Waals surface area (Å²) in [6, 6.07) is 8.96. The topological polar surface area (TPSA) is 54.7 Å². The third-order valence-electron chi connectivity index (χ3n) is 4.22. The predicted octanol–water partition coefficient (Wildman–Crippen LogP) is 3.58. The number of nitrogens with two attached hydrogens (primary N) is 1. The highest BCUT2D eigenvalue weighted by Crippen LogP contribution is 2.33. The summed E-state index contributed by atoms with van der Waals surface area (Å²) in [5, 5.41) is 7.03. The maximum Gasteiger partial charge on any atom is 0.0569 e. The minimum Gasteiger partial charge on any atom is -0.325 e. The fourth-order valence-corrected chi connectivity index (χ4v) is 3.09. The molecule has 0 aliphatic heterocycles. The lowest BCUT2D eigenvalue weighted by Crippen LogP contribution is -2.04. The van der Waals surface area contributed by atoms with Crippen LogP contribution < -0.4 is 5.73 Å². The van der Waals surface area contributed by atoms with Gasteiger partial charge in [0.05, 0.1) is 11.9 Å². The SMILES string of the molecule is NCc1[nH]ncc1-c1ccc(C2CCCCC2)cc1. The van der Waals surface area contributed by atoms with Crippen molar-refractivity contribution in [3.63, 3.8) is 0 Å². The fraction of sp³-hybridized carbons (Fsp3) is 0.438. The lowest BCUT2D eigenvalue weighted by atomic mass is 9.84. The highest BCUT2D eigenvalue weighted by Gasteiger charge is 2.15. The van der Waals surface area contributed by atoms with E-state index in [1.165, 1.54) is 43.2 Å². The molecular formula is C16H21N3. The fourth-order valence-electron chi connectivity index (χ4n) is 3.09. The molecule has 1 aromatic heterocycles. The second-order valence-corrected chi connectivity index (χ2v) is 5.42. The molecule has 0 spiro atoms. The van der Waals surface area contributed by atoms with Crippen molar-refractivity contribution in [1.29, 1.82) is 0 Å². The molecule has 0 bridgehead atoms. The Morgan fingerprint density at radius 2 is 1.84 bits per heavy atom. The average molecular weight is 255 g/mol. The molecule has 100 valence electrons. The van der Waals surface area contributed by atoms with E-state index in [1.807, 2.05) is 6.20 Å². The molecule has 1 aliphatic carbocycles. The second-order valence-electron chi connectivity index (χ2n) is 5.42. The summed E-state index contributed by atoms with van der Waals surface area (Å²) in [6.45, 7) is 0.500. The zero-order valence-corrected chi connectivity index (χ0v) is 11.2. The van der Waals surface area contributed by atoms with Crippen LogP contribution in [0.2, 0.25) is 0 Å². The number of rotatable bonds is 3. The van der Waals surface area contributed by atoms with Crippen LogP contribution in [0, 0.1) is 0 Å². The molecule has 1 aromatic carbocycles. The highest BCUT2D eigenvalue weighted by atomic mass is 15.1. The van der Waals surface area contributed by atoms with Crippen LogP contribution in [0.3, 0.4) is 0 Å². The molecule has 0 radical (unpaired) electrons. The van der Waals surface area contributed by atoms with Crippen molar-refractivity contribution in [3.05, 3.63) is 41.7 Å². The van der Waals surface area contributed by atoms with Gasteiger partial charge in [0.2, 0.25) is 0 Å². The Morgan fingerprint density at radius 3 is 2.53 bits per heavy atom. The molecule has 1 aliphatic rings. The molecule has 0 saturated heterocycles. The van der Waals surface area contributed by atoms with Crippen LogP contribution in [-0.2, 0) is 6.54 Å². The quantitative estimate of drug-likeness (QED) is 0.880. The number of nitrogens with one attached hydrogen (secondary N) is 1. The van der Waals surface area contributed by atoms with Gasteiger partial charge in [0, 0.05) is 12.1 Å². The van der Waals surface area contributed by atoms with Crippen molar-refractivity contribution >= 4 is 0 Å². The van der Waals surface area contributed by atoms with E-state index < -0.39 is 0 Å². The monoisotopic (exact) mass is 255 g/mol. The maximum atomic E-state index is 5.71. The smallest absolute Gasteiger partial charge is 0.0569 e. The van der Waals surface area contributed by atoms with E-state index in [4.69, 9.17) is 5.73 Å². The third kappa shape index (κ3) is 2.56. The summed E-state index contributed by atoms with van der Waals surface area (Å²) in [5.41, 5.74) is 10.5. The Labute approximate surface area is 114 Å². The van der Waals surface area contributed by atoms with Gasteiger partial charge in [-0.25, -0.2) is 0 Å². The van der Waals surface area contributed by atoms with E-state index in [0.29, 0.717) is 6.54 Å². The zero-order valence-electron chi connectivity index (χ0n) is 11.2. The van der Waals surface area contributed by atoms with E-state index in [-0.39, 0.29) is 0 Å². The molecule has 3 heteroatoms. The summed E-state index contributed by atoms with van der Waals surface area (Å²) >= 11 is 0. The normalized spacial score (nSPS) is 16.7. The van der Waals surface area contributed by atoms with Gasteiger partial charge in [-0.3, -0.25) is 5.10 Å². The van der Waals surface area contributed by atoms with Crippen molar-refractivity contribution in [1.82, 2.24) is 10.2 Å². The second kappa shape index (κ2) is 5.57. The number of hydrogen-bond acceptors (Lipinski definition) is 2. The average Bonchev–Trinajstić information content (AvgIpc) is 2.97. The van der Waals surface area contributed by atoms with Crippen molar-refractivity contribution < 1.29 is 0 Å². The molecule has 0 amide bonds. The summed E-state index contributed by atoms with van der Waals surface area (Å²) in [7, 11) is 0. The minimum absolute atomic E-state index is 0.500. The van der Waals surface area contributed by atoms with Crippen LogP contribution >= 0.6 is 0 Å². The number of hydrogen-bond donors (Lipinski definition) is 2. The molecule has 3 nitrogen and oxygen atoms in total. The number of nitrogens with zero attached hydrogens (tertiary/aromatic N) is 1. The maximum absolute atomic E-state index is 5.71. The van der Waals surface area contributed by atoms with Crippen LogP contribution in [-0.4, -0.2) is 10.2 Å². The molecule has 1 saturated carbocycles. The summed E-state index contributed by atoms with van der Waals surface area (Å²) in [5.74, 6) is 0.765. The van der Waals surface area contributed by atoms with Gasteiger partial charge in [0.25, 0.3) is 0 Å². The first-order valence-electron chi connectivity index (χ1n) is 7.21. The summed E-state index contributed by atoms with van der Waals surface area (Å²) in [4.78, 5) is 0. The number of aromatic nitrogens is 2. The van der Waals surface area contributed by atoms with Gasteiger partial charge in [0.15, 0.2) is 0 Å². The van der Waals surface area contributed by atoms with Crippen LogP contribution in [0.15, 0.2) is 30.5 Å². The van der Waals surface area contributed by atoms with Crippen molar-refractivity contribution in [2.45, 2.75) is 44.6 Å². The standard InChI is InChI=1S/C16H21N3/c17-10-16-15(11-18-19-16)14-8-6-13(7-9-14)12-4-2-1-3-5-12/h6-9,11-12H,1-5,10,17H2,(H,18,19). The predicted molar refractivity (Wildman–Crippen MR) is 77.7 cm³/mol. The molecule has 3 rings (SSSR count). The molecule has 0 unspecified atom stereocenters. The van der Waals surface area contributed by atoms with Crippen LogP contribution in [0.5, 0.6) is 0 Å². The molecule has 1 heterocycles. The zero-order chi connectivity index (χ0) is 13.1. The van der Waals surface area contributed by atoms with Gasteiger partial charge in [-0.15, -0.1) is 0 Å². The van der Waals surface area contributed by atoms with Crippen molar-refractivity contribution in [2.75, 3.05) is 0 Å². The van der Waals surface area contributed by atoms with Gasteiger partial charge in [-0.1, -0.05) is 43.5 Å². The lowest BCUT2D eigenvalue weighted by Gasteiger charge is -2.22. The van der Waals surface area contributed by atoms with E-state index in [1.54, 1.807) is 0 Å². The Balaban J connectivity index is 1.82. The van der Waals surface area contributed by atoms with Crippen LogP contribution in [0.4, 0.5) is 0 Å². The number of aromatic amines is 1. The van der Waals surface area contributed by atoms with Gasteiger partial charge in [0.1, 0.15) is 0 Å². The Bertz CT molecular complexity index is 521. The largest absolute Gasteiger partial charge is 0.325 e. The Kier molecular flexibility index (Phi) is 3.65. The first-order chi connectivity index (χ1) is 9.38. The Morgan fingerprint density at radius 1 is 1.11 bits per heavy atom. The molecule has 1 fully saturated rings. The minimum atomic E-state index is 0.500. The summed E-state index contributed by atoms with van der Waals surface area (Å²) in [6.07, 6.45) is 8.72. The first-order valence-corrected chi connectivity index (χ1v) is 7.21. The molecule has 2 aromatic rings. The Hall–Kier alpha value is -1.61. The summed E-state index contributed by atoms with van der Waals surface area (Å²) < 4.78 is 0. The van der Waals surface area contributed by atoms with Crippen molar-refractivity contribution in [3.8, 4) is 11.1 Å². The van der Waals surface area contributed by atoms with Crippen LogP contribution in [0.25, 0.3) is 11.1 Å². The van der Waals surface area contributed by atoms with Crippen LogP contribution in [0.1, 0.15) is 49.3 Å². The number of benzene rings is 1. The van der Waals surface area contributed by atoms with Gasteiger partial charge in [-0.05, 0) is 29.9 Å². The molecule has 0 atom stereocenters. The number of H-pyrrole nitrogens is 1. The highest BCUT2D eigenvalue weighted by molar-refractivity contribution is 5.65. The van der Waals surface area contributed by atoms with Gasteiger partial charge in [-0.2, -0.15) is 5.10 Å².